The highest BCUT2D eigenvalue weighted by Gasteiger charge is 1.94. The van der Waals surface area contributed by atoms with E-state index >= 15 is 0 Å². The maximum Gasteiger partial charge on any atom is 0.0300 e. The molecule has 0 aliphatic heterocycles. The topological polar surface area (TPSA) is 24.1 Å². The van der Waals surface area contributed by atoms with E-state index in [0.717, 1.165) is 26.2 Å². The Morgan fingerprint density at radius 2 is 2.14 bits per heavy atom. The van der Waals surface area contributed by atoms with Gasteiger partial charge in [0.05, 0.1) is 0 Å². The van der Waals surface area contributed by atoms with Crippen molar-refractivity contribution in [2.45, 2.75) is 13.5 Å². The minimum Gasteiger partial charge on any atom is -0.312 e. The Hall–Kier alpha value is -0.640. The van der Waals surface area contributed by atoms with Gasteiger partial charge in [0.15, 0.2) is 0 Å². The molecule has 0 saturated heterocycles. The largest absolute Gasteiger partial charge is 0.312 e. The average Bonchev–Trinajstić information content (AvgIpc) is 2.58. The van der Waals surface area contributed by atoms with Crippen molar-refractivity contribution in [3.63, 3.8) is 0 Å². The average molecular weight is 210 g/mol. The van der Waals surface area contributed by atoms with Crippen LogP contribution >= 0.6 is 11.3 Å². The zero-order valence-electron chi connectivity index (χ0n) is 8.68. The van der Waals surface area contributed by atoms with Gasteiger partial charge in [0.25, 0.3) is 0 Å². The molecule has 0 aliphatic carbocycles. The van der Waals surface area contributed by atoms with Crippen molar-refractivity contribution in [3.8, 4) is 0 Å². The quantitative estimate of drug-likeness (QED) is 0.531. The van der Waals surface area contributed by atoms with E-state index in [2.05, 4.69) is 36.3 Å². The third-order valence-electron chi connectivity index (χ3n) is 1.86. The molecular weight excluding hydrogens is 192 g/mol. The first-order valence-corrected chi connectivity index (χ1v) is 5.72. The molecule has 0 spiro atoms. The Bertz CT molecular complexity index is 268. The van der Waals surface area contributed by atoms with Crippen LogP contribution in [0.1, 0.15) is 9.75 Å². The molecule has 78 valence electrons. The van der Waals surface area contributed by atoms with Gasteiger partial charge in [0.2, 0.25) is 0 Å². The lowest BCUT2D eigenvalue weighted by Crippen LogP contribution is -2.26. The molecule has 0 aliphatic rings. The lowest BCUT2D eigenvalue weighted by molar-refractivity contribution is 0.639. The van der Waals surface area contributed by atoms with Crippen LogP contribution in [-0.2, 0) is 6.54 Å². The van der Waals surface area contributed by atoms with E-state index in [1.54, 1.807) is 0 Å². The van der Waals surface area contributed by atoms with Crippen molar-refractivity contribution in [3.05, 3.63) is 34.5 Å². The fraction of sp³-hybridized carbons (Fsp3) is 0.455. The van der Waals surface area contributed by atoms with Crippen LogP contribution < -0.4 is 10.6 Å². The van der Waals surface area contributed by atoms with E-state index in [0.29, 0.717) is 0 Å². The first-order chi connectivity index (χ1) is 6.83. The molecular formula is C11H18N2S. The predicted octanol–water partition coefficient (Wildman–Crippen LogP) is 1.92. The van der Waals surface area contributed by atoms with Gasteiger partial charge < -0.3 is 10.6 Å². The fourth-order valence-electron chi connectivity index (χ4n) is 1.17. The van der Waals surface area contributed by atoms with Gasteiger partial charge in [-0.05, 0) is 19.1 Å². The summed E-state index contributed by atoms with van der Waals surface area (Å²) in [6.07, 6.45) is 1.88. The van der Waals surface area contributed by atoms with Crippen LogP contribution in [-0.4, -0.2) is 19.6 Å². The first kappa shape index (κ1) is 11.4. The van der Waals surface area contributed by atoms with Gasteiger partial charge >= 0.3 is 0 Å². The van der Waals surface area contributed by atoms with Crippen molar-refractivity contribution in [2.75, 3.05) is 19.6 Å². The molecule has 0 bridgehead atoms. The summed E-state index contributed by atoms with van der Waals surface area (Å²) in [6.45, 7) is 9.66. The Morgan fingerprint density at radius 3 is 2.79 bits per heavy atom. The van der Waals surface area contributed by atoms with E-state index in [1.807, 2.05) is 17.4 Å². The maximum absolute atomic E-state index is 3.65. The maximum atomic E-state index is 3.65. The fourth-order valence-corrected chi connectivity index (χ4v) is 2.03. The number of thiophene rings is 1. The van der Waals surface area contributed by atoms with Crippen LogP contribution in [0.15, 0.2) is 24.8 Å². The van der Waals surface area contributed by atoms with Crippen LogP contribution in [0, 0.1) is 6.92 Å². The minimum atomic E-state index is 0.889. The summed E-state index contributed by atoms with van der Waals surface area (Å²) in [5.41, 5.74) is 0. The third kappa shape index (κ3) is 4.56. The lowest BCUT2D eigenvalue weighted by atomic mass is 10.4. The number of hydrogen-bond donors (Lipinski definition) is 2. The SMILES string of the molecule is C=CCNCCNCc1ccc(C)s1. The van der Waals surface area contributed by atoms with E-state index < -0.39 is 0 Å². The van der Waals surface area contributed by atoms with E-state index in [1.165, 1.54) is 9.75 Å². The summed E-state index contributed by atoms with van der Waals surface area (Å²) in [5.74, 6) is 0. The third-order valence-corrected chi connectivity index (χ3v) is 2.86. The summed E-state index contributed by atoms with van der Waals surface area (Å²) in [5, 5.41) is 6.64. The lowest BCUT2D eigenvalue weighted by Gasteiger charge is -2.03. The summed E-state index contributed by atoms with van der Waals surface area (Å²) >= 11 is 1.86. The first-order valence-electron chi connectivity index (χ1n) is 4.90. The minimum absolute atomic E-state index is 0.889. The number of hydrogen-bond acceptors (Lipinski definition) is 3. The molecule has 0 unspecified atom stereocenters. The second-order valence-electron chi connectivity index (χ2n) is 3.18. The molecule has 0 fully saturated rings. The Kier molecular flexibility index (Phi) is 5.52. The highest BCUT2D eigenvalue weighted by molar-refractivity contribution is 7.11. The summed E-state index contributed by atoms with van der Waals surface area (Å²) in [6, 6.07) is 4.35. The number of nitrogens with one attached hydrogen (secondary N) is 2. The molecule has 0 aromatic carbocycles. The van der Waals surface area contributed by atoms with Gasteiger partial charge in [0.1, 0.15) is 0 Å². The molecule has 0 radical (unpaired) electrons. The Balaban J connectivity index is 2.01. The van der Waals surface area contributed by atoms with Gasteiger partial charge in [0, 0.05) is 35.9 Å². The second kappa shape index (κ2) is 6.76. The molecule has 2 nitrogen and oxygen atoms in total. The van der Waals surface area contributed by atoms with Crippen LogP contribution in [0.4, 0.5) is 0 Å². The van der Waals surface area contributed by atoms with Gasteiger partial charge in [-0.1, -0.05) is 6.08 Å². The molecule has 14 heavy (non-hydrogen) atoms. The molecule has 0 amide bonds. The Morgan fingerprint density at radius 1 is 1.36 bits per heavy atom. The zero-order chi connectivity index (χ0) is 10.2. The van der Waals surface area contributed by atoms with Gasteiger partial charge in [-0.15, -0.1) is 17.9 Å². The standard InChI is InChI=1S/C11H18N2S/c1-3-6-12-7-8-13-9-11-5-4-10(2)14-11/h3-5,12-13H,1,6-9H2,2H3. The van der Waals surface area contributed by atoms with Crippen LogP contribution in [0.3, 0.4) is 0 Å². The zero-order valence-corrected chi connectivity index (χ0v) is 9.49. The van der Waals surface area contributed by atoms with Crippen molar-refractivity contribution in [1.29, 1.82) is 0 Å². The predicted molar refractivity (Wildman–Crippen MR) is 63.8 cm³/mol. The summed E-state index contributed by atoms with van der Waals surface area (Å²) < 4.78 is 0. The molecule has 0 saturated carbocycles. The number of rotatable bonds is 7. The van der Waals surface area contributed by atoms with Gasteiger partial charge in [-0.25, -0.2) is 0 Å². The highest BCUT2D eigenvalue weighted by atomic mass is 32.1. The molecule has 2 N–H and O–H groups in total. The van der Waals surface area contributed by atoms with E-state index in [9.17, 15) is 0 Å². The second-order valence-corrected chi connectivity index (χ2v) is 4.55. The van der Waals surface area contributed by atoms with Crippen molar-refractivity contribution < 1.29 is 0 Å². The van der Waals surface area contributed by atoms with Crippen molar-refractivity contribution in [1.82, 2.24) is 10.6 Å². The smallest absolute Gasteiger partial charge is 0.0300 e. The Labute approximate surface area is 90.0 Å². The molecule has 1 aromatic heterocycles. The summed E-state index contributed by atoms with van der Waals surface area (Å²) in [7, 11) is 0. The van der Waals surface area contributed by atoms with Crippen molar-refractivity contribution in [2.24, 2.45) is 0 Å². The number of aryl methyl sites for hydroxylation is 1. The van der Waals surface area contributed by atoms with Gasteiger partial charge in [-0.3, -0.25) is 0 Å². The van der Waals surface area contributed by atoms with Gasteiger partial charge in [-0.2, -0.15) is 0 Å². The highest BCUT2D eigenvalue weighted by Crippen LogP contribution is 2.13. The van der Waals surface area contributed by atoms with E-state index in [4.69, 9.17) is 0 Å². The molecule has 3 heteroatoms. The summed E-state index contributed by atoms with van der Waals surface area (Å²) in [4.78, 5) is 2.79. The monoisotopic (exact) mass is 210 g/mol. The normalized spacial score (nSPS) is 10.4. The van der Waals surface area contributed by atoms with Crippen LogP contribution in [0.25, 0.3) is 0 Å². The molecule has 1 aromatic rings. The van der Waals surface area contributed by atoms with E-state index in [-0.39, 0.29) is 0 Å². The van der Waals surface area contributed by atoms with Crippen LogP contribution in [0.5, 0.6) is 0 Å². The molecule has 1 heterocycles. The molecule has 1 rings (SSSR count). The molecule has 0 atom stereocenters. The van der Waals surface area contributed by atoms with Crippen LogP contribution in [0.2, 0.25) is 0 Å². The van der Waals surface area contributed by atoms with Crippen molar-refractivity contribution >= 4 is 11.3 Å².